The third-order valence-electron chi connectivity index (χ3n) is 4.74. The fraction of sp³-hybridized carbons (Fsp3) is 0.882. The van der Waals surface area contributed by atoms with Gasteiger partial charge in [0.05, 0.1) is 0 Å². The van der Waals surface area contributed by atoms with Gasteiger partial charge in [0.1, 0.15) is 0 Å². The summed E-state index contributed by atoms with van der Waals surface area (Å²) >= 11 is 0. The van der Waals surface area contributed by atoms with E-state index in [1.807, 2.05) is 0 Å². The molecule has 2 rings (SSSR count). The highest BCUT2D eigenvalue weighted by atomic mass is 14.9. The summed E-state index contributed by atoms with van der Waals surface area (Å²) in [6.45, 7) is 3.49. The van der Waals surface area contributed by atoms with Crippen LogP contribution in [0.1, 0.15) is 77.6 Å². The fourth-order valence-corrected chi connectivity index (χ4v) is 3.64. The van der Waals surface area contributed by atoms with E-state index in [9.17, 15) is 0 Å². The van der Waals surface area contributed by atoms with Crippen LogP contribution in [0.2, 0.25) is 0 Å². The van der Waals surface area contributed by atoms with Crippen molar-refractivity contribution >= 4 is 0 Å². The zero-order valence-electron chi connectivity index (χ0n) is 12.2. The fourth-order valence-electron chi connectivity index (χ4n) is 3.64. The maximum Gasteiger partial charge on any atom is 0.0132 e. The van der Waals surface area contributed by atoms with Gasteiger partial charge in [-0.2, -0.15) is 0 Å². The zero-order chi connectivity index (χ0) is 12.6. The first kappa shape index (κ1) is 14.1. The molecular weight excluding hydrogens is 218 g/mol. The summed E-state index contributed by atoms with van der Waals surface area (Å²) in [5, 5.41) is 3.85. The van der Waals surface area contributed by atoms with Gasteiger partial charge in [0, 0.05) is 6.04 Å². The standard InChI is InChI=1S/C17H31N/c1-2-13-18-17(16-11-7-4-8-12-16)14-15-9-5-3-6-10-15/h9,16-18H,2-8,10-14H2,1H3. The molecule has 0 bridgehead atoms. The lowest BCUT2D eigenvalue weighted by Crippen LogP contribution is -2.38. The van der Waals surface area contributed by atoms with E-state index in [4.69, 9.17) is 0 Å². The van der Waals surface area contributed by atoms with E-state index >= 15 is 0 Å². The Bertz CT molecular complexity index is 250. The first-order chi connectivity index (χ1) is 8.90. The first-order valence-electron chi connectivity index (χ1n) is 8.31. The van der Waals surface area contributed by atoms with Crippen molar-refractivity contribution < 1.29 is 0 Å². The molecule has 0 amide bonds. The Kier molecular flexibility index (Phi) is 6.26. The molecule has 2 aliphatic carbocycles. The quantitative estimate of drug-likeness (QED) is 0.665. The molecule has 104 valence electrons. The van der Waals surface area contributed by atoms with Crippen molar-refractivity contribution in [2.24, 2.45) is 5.92 Å². The minimum atomic E-state index is 0.773. The van der Waals surface area contributed by atoms with Crippen LogP contribution >= 0.6 is 0 Å². The van der Waals surface area contributed by atoms with Crippen LogP contribution in [0, 0.1) is 5.92 Å². The van der Waals surface area contributed by atoms with Gasteiger partial charge in [-0.15, -0.1) is 0 Å². The van der Waals surface area contributed by atoms with Crippen LogP contribution in [-0.2, 0) is 0 Å². The molecule has 0 aliphatic heterocycles. The third-order valence-corrected chi connectivity index (χ3v) is 4.74. The SMILES string of the molecule is CCCNC(CC1=CCCCC1)C1CCCCC1. The topological polar surface area (TPSA) is 12.0 Å². The number of hydrogen-bond acceptors (Lipinski definition) is 1. The van der Waals surface area contributed by atoms with Crippen molar-refractivity contribution in [3.8, 4) is 0 Å². The summed E-state index contributed by atoms with van der Waals surface area (Å²) < 4.78 is 0. The highest BCUT2D eigenvalue weighted by Gasteiger charge is 2.24. The van der Waals surface area contributed by atoms with Gasteiger partial charge in [-0.1, -0.05) is 37.8 Å². The Labute approximate surface area is 113 Å². The monoisotopic (exact) mass is 249 g/mol. The van der Waals surface area contributed by atoms with Crippen molar-refractivity contribution in [1.82, 2.24) is 5.32 Å². The molecule has 0 saturated heterocycles. The molecule has 0 radical (unpaired) electrons. The van der Waals surface area contributed by atoms with Gasteiger partial charge in [-0.05, 0) is 63.8 Å². The molecule has 1 saturated carbocycles. The van der Waals surface area contributed by atoms with E-state index < -0.39 is 0 Å². The van der Waals surface area contributed by atoms with Crippen LogP contribution in [0.25, 0.3) is 0 Å². The van der Waals surface area contributed by atoms with Crippen LogP contribution in [0.3, 0.4) is 0 Å². The van der Waals surface area contributed by atoms with E-state index in [0.717, 1.165) is 12.0 Å². The molecule has 1 N–H and O–H groups in total. The highest BCUT2D eigenvalue weighted by Crippen LogP contribution is 2.31. The van der Waals surface area contributed by atoms with Crippen LogP contribution < -0.4 is 5.32 Å². The molecule has 1 nitrogen and oxygen atoms in total. The summed E-state index contributed by atoms with van der Waals surface area (Å²) in [7, 11) is 0. The highest BCUT2D eigenvalue weighted by molar-refractivity contribution is 5.07. The predicted octanol–water partition coefficient (Wildman–Crippen LogP) is 4.83. The molecule has 0 spiro atoms. The zero-order valence-corrected chi connectivity index (χ0v) is 12.2. The maximum absolute atomic E-state index is 3.85. The molecule has 0 aromatic heterocycles. The smallest absolute Gasteiger partial charge is 0.0132 e. The number of nitrogens with one attached hydrogen (secondary N) is 1. The number of allylic oxidation sites excluding steroid dienone is 1. The molecule has 0 aromatic rings. The minimum absolute atomic E-state index is 0.773. The van der Waals surface area contributed by atoms with Gasteiger partial charge in [0.25, 0.3) is 0 Å². The lowest BCUT2D eigenvalue weighted by molar-refractivity contribution is 0.265. The molecule has 2 aliphatic rings. The molecule has 0 aromatic carbocycles. The summed E-state index contributed by atoms with van der Waals surface area (Å²) in [6, 6.07) is 0.773. The van der Waals surface area contributed by atoms with E-state index in [-0.39, 0.29) is 0 Å². The maximum atomic E-state index is 3.85. The largest absolute Gasteiger partial charge is 0.313 e. The second kappa shape index (κ2) is 7.99. The predicted molar refractivity (Wildman–Crippen MR) is 79.8 cm³/mol. The van der Waals surface area contributed by atoms with Crippen molar-refractivity contribution in [1.29, 1.82) is 0 Å². The Hall–Kier alpha value is -0.300. The van der Waals surface area contributed by atoms with Gasteiger partial charge in [-0.3, -0.25) is 0 Å². The van der Waals surface area contributed by atoms with Crippen LogP contribution in [-0.4, -0.2) is 12.6 Å². The van der Waals surface area contributed by atoms with Crippen molar-refractivity contribution in [3.63, 3.8) is 0 Å². The van der Waals surface area contributed by atoms with Gasteiger partial charge in [0.2, 0.25) is 0 Å². The Morgan fingerprint density at radius 1 is 1.17 bits per heavy atom. The molecule has 1 unspecified atom stereocenters. The molecular formula is C17H31N. The number of rotatable bonds is 6. The Morgan fingerprint density at radius 2 is 2.00 bits per heavy atom. The van der Waals surface area contributed by atoms with Crippen molar-refractivity contribution in [3.05, 3.63) is 11.6 Å². The summed E-state index contributed by atoms with van der Waals surface area (Å²) in [6.07, 6.45) is 18.0. The van der Waals surface area contributed by atoms with Crippen molar-refractivity contribution in [2.75, 3.05) is 6.54 Å². The third kappa shape index (κ3) is 4.42. The van der Waals surface area contributed by atoms with Gasteiger partial charge in [-0.25, -0.2) is 0 Å². The molecule has 1 heteroatoms. The van der Waals surface area contributed by atoms with Crippen molar-refractivity contribution in [2.45, 2.75) is 83.6 Å². The summed E-state index contributed by atoms with van der Waals surface area (Å²) in [5.74, 6) is 0.952. The van der Waals surface area contributed by atoms with E-state index in [0.29, 0.717) is 0 Å². The summed E-state index contributed by atoms with van der Waals surface area (Å²) in [4.78, 5) is 0. The molecule has 1 fully saturated rings. The number of hydrogen-bond donors (Lipinski definition) is 1. The van der Waals surface area contributed by atoms with E-state index in [1.165, 1.54) is 77.2 Å². The minimum Gasteiger partial charge on any atom is -0.313 e. The second-order valence-corrected chi connectivity index (χ2v) is 6.27. The molecule has 18 heavy (non-hydrogen) atoms. The molecule has 1 atom stereocenters. The van der Waals surface area contributed by atoms with E-state index in [2.05, 4.69) is 18.3 Å². The Morgan fingerprint density at radius 3 is 2.67 bits per heavy atom. The lowest BCUT2D eigenvalue weighted by atomic mass is 9.80. The Balaban J connectivity index is 1.88. The summed E-state index contributed by atoms with van der Waals surface area (Å²) in [5.41, 5.74) is 1.75. The van der Waals surface area contributed by atoms with Gasteiger partial charge >= 0.3 is 0 Å². The lowest BCUT2D eigenvalue weighted by Gasteiger charge is -2.32. The average molecular weight is 249 g/mol. The average Bonchev–Trinajstić information content (AvgIpc) is 2.45. The van der Waals surface area contributed by atoms with Crippen LogP contribution in [0.4, 0.5) is 0 Å². The van der Waals surface area contributed by atoms with E-state index in [1.54, 1.807) is 5.57 Å². The van der Waals surface area contributed by atoms with Gasteiger partial charge < -0.3 is 5.32 Å². The van der Waals surface area contributed by atoms with Gasteiger partial charge in [0.15, 0.2) is 0 Å². The second-order valence-electron chi connectivity index (χ2n) is 6.27. The molecule has 0 heterocycles. The van der Waals surface area contributed by atoms with Crippen LogP contribution in [0.5, 0.6) is 0 Å². The normalized spacial score (nSPS) is 23.7. The first-order valence-corrected chi connectivity index (χ1v) is 8.31. The van der Waals surface area contributed by atoms with Crippen LogP contribution in [0.15, 0.2) is 11.6 Å².